The van der Waals surface area contributed by atoms with Gasteiger partial charge in [-0.05, 0) is 93.0 Å². The first kappa shape index (κ1) is 36.9. The third-order valence-corrected chi connectivity index (χ3v) is 10.9. The van der Waals surface area contributed by atoms with E-state index in [4.69, 9.17) is 4.74 Å². The molecule has 3 atom stereocenters. The molecule has 0 spiro atoms. The number of ether oxygens (including phenoxy) is 1. The number of hydrogen-bond donors (Lipinski definition) is 3. The van der Waals surface area contributed by atoms with E-state index in [2.05, 4.69) is 27.9 Å². The van der Waals surface area contributed by atoms with Gasteiger partial charge in [0.05, 0.1) is 0 Å². The molecule has 3 N–H and O–H groups in total. The Kier molecular flexibility index (Phi) is 14.0. The molecular formula is C38H47FN4O4S2. The fraction of sp³-hybridized carbons (Fsp3) is 0.447. The molecule has 1 amide bonds. The molecule has 2 saturated heterocycles. The highest BCUT2D eigenvalue weighted by atomic mass is 32.2. The first-order valence-corrected chi connectivity index (χ1v) is 19.3. The average Bonchev–Trinajstić information content (AvgIpc) is 3.57. The number of piperidine rings is 1. The monoisotopic (exact) mass is 706 g/mol. The maximum Gasteiger partial charge on any atom is 0.328 e. The highest BCUT2D eigenvalue weighted by molar-refractivity contribution is 8.14. The largest absolute Gasteiger partial charge is 0.461 e. The topological polar surface area (TPSA) is 99.8 Å². The summed E-state index contributed by atoms with van der Waals surface area (Å²) in [6.45, 7) is 3.12. The number of thioether (sulfide) groups is 2. The SMILES string of the molecule is CSCC[C@H](NC(=O)c1cc(NC[C@@H]2C[C@H](SC(=O)c3ccccc3)CN2)ccc1CCc1ccc(F)cc1)C(=O)OC1CCN(C)CC1. The zero-order chi connectivity index (χ0) is 34.6. The van der Waals surface area contributed by atoms with Crippen molar-refractivity contribution in [2.24, 2.45) is 0 Å². The van der Waals surface area contributed by atoms with Gasteiger partial charge in [-0.15, -0.1) is 0 Å². The average molecular weight is 707 g/mol. The van der Waals surface area contributed by atoms with Crippen LogP contribution in [0.15, 0.2) is 72.8 Å². The quantitative estimate of drug-likeness (QED) is 0.169. The predicted molar refractivity (Wildman–Crippen MR) is 198 cm³/mol. The summed E-state index contributed by atoms with van der Waals surface area (Å²) >= 11 is 3.00. The normalized spacial score (nSPS) is 18.9. The summed E-state index contributed by atoms with van der Waals surface area (Å²) < 4.78 is 19.4. The van der Waals surface area contributed by atoms with Gasteiger partial charge in [-0.3, -0.25) is 9.59 Å². The number of rotatable bonds is 15. The summed E-state index contributed by atoms with van der Waals surface area (Å²) in [5.74, 6) is -0.285. The molecule has 0 unspecified atom stereocenters. The Balaban J connectivity index is 1.25. The number of likely N-dealkylation sites (tertiary alicyclic amines) is 1. The van der Waals surface area contributed by atoms with E-state index in [1.54, 1.807) is 23.9 Å². The second kappa shape index (κ2) is 18.6. The molecule has 0 bridgehead atoms. The molecule has 8 nitrogen and oxygen atoms in total. The molecule has 0 aliphatic carbocycles. The van der Waals surface area contributed by atoms with Crippen LogP contribution in [0.25, 0.3) is 0 Å². The summed E-state index contributed by atoms with van der Waals surface area (Å²) in [6, 6.07) is 20.9. The van der Waals surface area contributed by atoms with Crippen molar-refractivity contribution in [3.05, 3.63) is 101 Å². The van der Waals surface area contributed by atoms with Gasteiger partial charge in [0, 0.05) is 54.3 Å². The maximum absolute atomic E-state index is 14.0. The summed E-state index contributed by atoms with van der Waals surface area (Å²) in [6.07, 6.45) is 5.92. The lowest BCUT2D eigenvalue weighted by Gasteiger charge is -2.30. The second-order valence-corrected chi connectivity index (χ2v) is 15.1. The number of hydrogen-bond acceptors (Lipinski definition) is 9. The molecule has 3 aromatic rings. The number of carbonyl (C=O) groups is 3. The van der Waals surface area contributed by atoms with Gasteiger partial charge in [-0.2, -0.15) is 11.8 Å². The fourth-order valence-corrected chi connectivity index (χ4v) is 7.73. The van der Waals surface area contributed by atoms with Crippen molar-refractivity contribution < 1.29 is 23.5 Å². The number of anilines is 1. The Morgan fingerprint density at radius 2 is 1.78 bits per heavy atom. The Morgan fingerprint density at radius 1 is 1.02 bits per heavy atom. The number of benzene rings is 3. The first-order valence-electron chi connectivity index (χ1n) is 17.1. The van der Waals surface area contributed by atoms with E-state index in [1.165, 1.54) is 23.9 Å². The van der Waals surface area contributed by atoms with Crippen LogP contribution < -0.4 is 16.0 Å². The molecule has 3 aromatic carbocycles. The Hall–Kier alpha value is -3.38. The van der Waals surface area contributed by atoms with Crippen molar-refractivity contribution in [3.63, 3.8) is 0 Å². The number of aryl methyl sites for hydroxylation is 2. The molecule has 2 heterocycles. The maximum atomic E-state index is 14.0. The molecule has 11 heteroatoms. The van der Waals surface area contributed by atoms with Gasteiger partial charge >= 0.3 is 5.97 Å². The Morgan fingerprint density at radius 3 is 2.51 bits per heavy atom. The van der Waals surface area contributed by atoms with E-state index in [9.17, 15) is 18.8 Å². The second-order valence-electron chi connectivity index (χ2n) is 12.9. The minimum absolute atomic E-state index is 0.0824. The number of halogens is 1. The van der Waals surface area contributed by atoms with Crippen LogP contribution in [0.4, 0.5) is 10.1 Å². The van der Waals surface area contributed by atoms with Gasteiger partial charge in [0.2, 0.25) is 5.12 Å². The van der Waals surface area contributed by atoms with Gasteiger partial charge in [-0.1, -0.05) is 60.3 Å². The minimum Gasteiger partial charge on any atom is -0.461 e. The molecule has 2 aliphatic rings. The fourth-order valence-electron chi connectivity index (χ4n) is 6.18. The van der Waals surface area contributed by atoms with Crippen LogP contribution >= 0.6 is 23.5 Å². The van der Waals surface area contributed by atoms with Crippen LogP contribution in [0, 0.1) is 5.82 Å². The summed E-state index contributed by atoms with van der Waals surface area (Å²) in [5.41, 5.74) is 3.82. The third kappa shape index (κ3) is 11.3. The molecule has 0 radical (unpaired) electrons. The van der Waals surface area contributed by atoms with Crippen LogP contribution in [0.1, 0.15) is 57.5 Å². The molecule has 0 saturated carbocycles. The van der Waals surface area contributed by atoms with Crippen LogP contribution in [-0.2, 0) is 22.4 Å². The van der Waals surface area contributed by atoms with E-state index in [1.807, 2.05) is 54.8 Å². The van der Waals surface area contributed by atoms with Crippen LogP contribution in [-0.4, -0.2) is 90.6 Å². The zero-order valence-electron chi connectivity index (χ0n) is 28.3. The van der Waals surface area contributed by atoms with Crippen LogP contribution in [0.5, 0.6) is 0 Å². The first-order chi connectivity index (χ1) is 23.8. The molecular weight excluding hydrogens is 660 g/mol. The van der Waals surface area contributed by atoms with Gasteiger partial charge in [0.15, 0.2) is 0 Å². The lowest BCUT2D eigenvalue weighted by Crippen LogP contribution is -2.45. The Labute approximate surface area is 297 Å². The lowest BCUT2D eigenvalue weighted by molar-refractivity contribution is -0.153. The standard InChI is InChI=1S/C38H47FN4O4S2/c1-43-19-16-32(17-20-43)47-37(45)35(18-21-48-2)42-36(44)34-23-30(15-12-27(34)11-8-26-9-13-29(39)14-10-26)40-24-31-22-33(25-41-31)49-38(46)28-6-4-3-5-7-28/h3-7,9-10,12-15,23,31-33,35,40-41H,8,11,16-22,24-25H2,1-2H3,(H,42,44)/t31-,33-,35-/m0/s1. The number of nitrogens with zero attached hydrogens (tertiary/aromatic N) is 1. The summed E-state index contributed by atoms with van der Waals surface area (Å²) in [7, 11) is 2.06. The van der Waals surface area contributed by atoms with Crippen molar-refractivity contribution in [2.75, 3.05) is 50.6 Å². The number of amides is 1. The molecule has 49 heavy (non-hydrogen) atoms. The van der Waals surface area contributed by atoms with E-state index < -0.39 is 6.04 Å². The van der Waals surface area contributed by atoms with Crippen LogP contribution in [0.2, 0.25) is 0 Å². The van der Waals surface area contributed by atoms with E-state index in [-0.39, 0.29) is 40.2 Å². The molecule has 0 aromatic heterocycles. The molecule has 262 valence electrons. The molecule has 5 rings (SSSR count). The van der Waals surface area contributed by atoms with Gasteiger partial charge in [-0.25, -0.2) is 9.18 Å². The number of carbonyl (C=O) groups excluding carboxylic acids is 3. The van der Waals surface area contributed by atoms with Gasteiger partial charge in [0.25, 0.3) is 5.91 Å². The van der Waals surface area contributed by atoms with Gasteiger partial charge < -0.3 is 25.6 Å². The highest BCUT2D eigenvalue weighted by Gasteiger charge is 2.29. The zero-order valence-corrected chi connectivity index (χ0v) is 29.9. The van der Waals surface area contributed by atoms with Crippen molar-refractivity contribution in [1.29, 1.82) is 0 Å². The predicted octanol–water partition coefficient (Wildman–Crippen LogP) is 5.82. The van der Waals surface area contributed by atoms with Crippen molar-refractivity contribution in [3.8, 4) is 0 Å². The van der Waals surface area contributed by atoms with Crippen LogP contribution in [0.3, 0.4) is 0 Å². The van der Waals surface area contributed by atoms with E-state index in [0.29, 0.717) is 42.7 Å². The van der Waals surface area contributed by atoms with E-state index in [0.717, 1.165) is 55.7 Å². The van der Waals surface area contributed by atoms with Crippen molar-refractivity contribution in [2.45, 2.75) is 62.0 Å². The number of esters is 1. The summed E-state index contributed by atoms with van der Waals surface area (Å²) in [5, 5.41) is 10.3. The minimum atomic E-state index is -0.753. The summed E-state index contributed by atoms with van der Waals surface area (Å²) in [4.78, 5) is 42.2. The Bertz CT molecular complexity index is 1540. The molecule has 2 fully saturated rings. The smallest absolute Gasteiger partial charge is 0.328 e. The lowest BCUT2D eigenvalue weighted by atomic mass is 9.98. The van der Waals surface area contributed by atoms with Gasteiger partial charge in [0.1, 0.15) is 18.0 Å². The van der Waals surface area contributed by atoms with Crippen molar-refractivity contribution >= 4 is 46.2 Å². The number of nitrogens with one attached hydrogen (secondary N) is 3. The highest BCUT2D eigenvalue weighted by Crippen LogP contribution is 2.26. The van der Waals surface area contributed by atoms with Crippen molar-refractivity contribution in [1.82, 2.24) is 15.5 Å². The third-order valence-electron chi connectivity index (χ3n) is 9.12. The van der Waals surface area contributed by atoms with E-state index >= 15 is 0 Å². The molecule has 2 aliphatic heterocycles.